The predicted molar refractivity (Wildman–Crippen MR) is 80.4 cm³/mol. The Labute approximate surface area is 127 Å². The van der Waals surface area contributed by atoms with Crippen LogP contribution in [-0.4, -0.2) is 16.0 Å². The normalized spacial score (nSPS) is 10.3. The maximum absolute atomic E-state index is 12.0. The van der Waals surface area contributed by atoms with Gasteiger partial charge >= 0.3 is 0 Å². The van der Waals surface area contributed by atoms with E-state index in [2.05, 4.69) is 42.2 Å². The molecular formula is C13H10Br2N2O2. The lowest BCUT2D eigenvalue weighted by molar-refractivity contribution is 0.102. The number of carbonyl (C=O) groups excluding carboxylic acids is 1. The lowest BCUT2D eigenvalue weighted by Gasteiger charge is -2.08. The van der Waals surface area contributed by atoms with Crippen LogP contribution in [0.25, 0.3) is 0 Å². The number of halogens is 2. The summed E-state index contributed by atoms with van der Waals surface area (Å²) in [5.74, 6) is -0.456. The number of nitrogens with one attached hydrogen (secondary N) is 1. The van der Waals surface area contributed by atoms with Gasteiger partial charge in [0.2, 0.25) is 0 Å². The van der Waals surface area contributed by atoms with Crippen LogP contribution < -0.4 is 5.32 Å². The van der Waals surface area contributed by atoms with E-state index < -0.39 is 0 Å². The number of aryl methyl sites for hydroxylation is 1. The number of benzene rings is 1. The van der Waals surface area contributed by atoms with Crippen LogP contribution in [-0.2, 0) is 0 Å². The lowest BCUT2D eigenvalue weighted by atomic mass is 10.2. The number of phenolic OH excluding ortho intramolecular Hbond substituents is 1. The number of hydrogen-bond donors (Lipinski definition) is 2. The average molecular weight is 386 g/mol. The van der Waals surface area contributed by atoms with Gasteiger partial charge in [-0.3, -0.25) is 4.79 Å². The van der Waals surface area contributed by atoms with Crippen LogP contribution in [0.3, 0.4) is 0 Å². The molecule has 0 bridgehead atoms. The number of nitrogens with zero attached hydrogens (tertiary/aromatic N) is 1. The first-order valence-corrected chi connectivity index (χ1v) is 6.98. The number of carbonyl (C=O) groups is 1. The molecule has 2 rings (SSSR count). The minimum Gasteiger partial charge on any atom is -0.507 e. The van der Waals surface area contributed by atoms with Crippen molar-refractivity contribution in [2.45, 2.75) is 6.92 Å². The number of aromatic nitrogens is 1. The van der Waals surface area contributed by atoms with Gasteiger partial charge in [-0.15, -0.1) is 0 Å². The summed E-state index contributed by atoms with van der Waals surface area (Å²) in [5, 5.41) is 12.4. The van der Waals surface area contributed by atoms with Crippen LogP contribution in [0.1, 0.15) is 15.9 Å². The first-order chi connectivity index (χ1) is 8.97. The zero-order valence-corrected chi connectivity index (χ0v) is 13.1. The Morgan fingerprint density at radius 1 is 1.32 bits per heavy atom. The van der Waals surface area contributed by atoms with Crippen molar-refractivity contribution in [2.75, 3.05) is 5.32 Å². The molecule has 2 N–H and O–H groups in total. The lowest BCUT2D eigenvalue weighted by Crippen LogP contribution is -2.12. The zero-order valence-electron chi connectivity index (χ0n) is 9.95. The molecule has 0 aliphatic rings. The Bertz CT molecular complexity index is 645. The van der Waals surface area contributed by atoms with Gasteiger partial charge in [-0.1, -0.05) is 15.9 Å². The third-order valence-corrected chi connectivity index (χ3v) is 3.80. The van der Waals surface area contributed by atoms with Crippen LogP contribution in [0.5, 0.6) is 5.75 Å². The highest BCUT2D eigenvalue weighted by atomic mass is 79.9. The number of aromatic hydroxyl groups is 1. The van der Waals surface area contributed by atoms with Crippen molar-refractivity contribution in [2.24, 2.45) is 0 Å². The Balaban J connectivity index is 2.23. The van der Waals surface area contributed by atoms with Crippen LogP contribution in [0.4, 0.5) is 5.69 Å². The van der Waals surface area contributed by atoms with Gasteiger partial charge in [-0.25, -0.2) is 4.98 Å². The van der Waals surface area contributed by atoms with Gasteiger partial charge in [0.15, 0.2) is 0 Å². The summed E-state index contributed by atoms with van der Waals surface area (Å²) < 4.78 is 1.44. The van der Waals surface area contributed by atoms with Crippen molar-refractivity contribution in [3.63, 3.8) is 0 Å². The minimum absolute atomic E-state index is 0.0753. The van der Waals surface area contributed by atoms with E-state index in [4.69, 9.17) is 0 Å². The fourth-order valence-corrected chi connectivity index (χ4v) is 2.09. The van der Waals surface area contributed by atoms with E-state index in [1.807, 2.05) is 6.92 Å². The second-order valence-corrected chi connectivity index (χ2v) is 5.61. The van der Waals surface area contributed by atoms with Crippen molar-refractivity contribution in [1.82, 2.24) is 4.98 Å². The van der Waals surface area contributed by atoms with Gasteiger partial charge < -0.3 is 10.4 Å². The molecule has 0 atom stereocenters. The van der Waals surface area contributed by atoms with Crippen molar-refractivity contribution >= 4 is 43.5 Å². The summed E-state index contributed by atoms with van der Waals surface area (Å²) >= 11 is 6.51. The SMILES string of the molecule is Cc1cc(NC(=O)c2ccc(Br)cc2O)cnc1Br. The number of phenols is 1. The molecule has 0 saturated heterocycles. The fourth-order valence-electron chi connectivity index (χ4n) is 1.52. The molecule has 0 fully saturated rings. The summed E-state index contributed by atoms with van der Waals surface area (Å²) in [6.07, 6.45) is 1.55. The van der Waals surface area contributed by atoms with Gasteiger partial charge in [0.1, 0.15) is 10.4 Å². The van der Waals surface area contributed by atoms with Gasteiger partial charge in [-0.2, -0.15) is 0 Å². The summed E-state index contributed by atoms with van der Waals surface area (Å²) in [7, 11) is 0. The number of rotatable bonds is 2. The predicted octanol–water partition coefficient (Wildman–Crippen LogP) is 3.87. The smallest absolute Gasteiger partial charge is 0.259 e. The van der Waals surface area contributed by atoms with Gasteiger partial charge in [0, 0.05) is 4.47 Å². The molecule has 0 radical (unpaired) electrons. The first kappa shape index (κ1) is 14.0. The summed E-state index contributed by atoms with van der Waals surface area (Å²) in [4.78, 5) is 16.1. The van der Waals surface area contributed by atoms with E-state index in [0.717, 1.165) is 10.2 Å². The van der Waals surface area contributed by atoms with Gasteiger partial charge in [-0.05, 0) is 52.7 Å². The van der Waals surface area contributed by atoms with E-state index >= 15 is 0 Å². The molecule has 4 nitrogen and oxygen atoms in total. The molecule has 1 heterocycles. The molecule has 0 aliphatic carbocycles. The number of hydrogen-bond acceptors (Lipinski definition) is 3. The van der Waals surface area contributed by atoms with Crippen LogP contribution in [0.15, 0.2) is 39.5 Å². The quantitative estimate of drug-likeness (QED) is 0.771. The van der Waals surface area contributed by atoms with Gasteiger partial charge in [0.05, 0.1) is 17.4 Å². The highest BCUT2D eigenvalue weighted by molar-refractivity contribution is 9.10. The minimum atomic E-state index is -0.381. The third-order valence-electron chi connectivity index (χ3n) is 2.48. The zero-order chi connectivity index (χ0) is 14.0. The first-order valence-electron chi connectivity index (χ1n) is 5.39. The number of amides is 1. The van der Waals surface area contributed by atoms with Crippen molar-refractivity contribution in [3.05, 3.63) is 50.7 Å². The van der Waals surface area contributed by atoms with Crippen LogP contribution in [0.2, 0.25) is 0 Å². The fraction of sp³-hybridized carbons (Fsp3) is 0.0769. The van der Waals surface area contributed by atoms with E-state index in [9.17, 15) is 9.90 Å². The van der Waals surface area contributed by atoms with Crippen molar-refractivity contribution in [1.29, 1.82) is 0 Å². The maximum Gasteiger partial charge on any atom is 0.259 e. The number of anilines is 1. The molecular weight excluding hydrogens is 376 g/mol. The van der Waals surface area contributed by atoms with E-state index in [1.165, 1.54) is 6.07 Å². The van der Waals surface area contributed by atoms with E-state index in [-0.39, 0.29) is 17.2 Å². The Morgan fingerprint density at radius 3 is 2.68 bits per heavy atom. The summed E-state index contributed by atoms with van der Waals surface area (Å²) in [5.41, 5.74) is 1.70. The van der Waals surface area contributed by atoms with Crippen LogP contribution in [0, 0.1) is 6.92 Å². The standard InChI is InChI=1S/C13H10Br2N2O2/c1-7-4-9(6-16-12(7)15)17-13(19)10-3-2-8(14)5-11(10)18/h2-6,18H,1H3,(H,17,19). The third kappa shape index (κ3) is 3.33. The van der Waals surface area contributed by atoms with Crippen LogP contribution >= 0.6 is 31.9 Å². The Kier molecular flexibility index (Phi) is 4.21. The Morgan fingerprint density at radius 2 is 2.05 bits per heavy atom. The highest BCUT2D eigenvalue weighted by Crippen LogP contribution is 2.24. The molecule has 6 heteroatoms. The van der Waals surface area contributed by atoms with Crippen molar-refractivity contribution < 1.29 is 9.90 Å². The molecule has 0 spiro atoms. The second kappa shape index (κ2) is 5.71. The molecule has 1 amide bonds. The highest BCUT2D eigenvalue weighted by Gasteiger charge is 2.12. The molecule has 1 aromatic carbocycles. The second-order valence-electron chi connectivity index (χ2n) is 3.95. The van der Waals surface area contributed by atoms with E-state index in [0.29, 0.717) is 10.2 Å². The molecule has 98 valence electrons. The molecule has 2 aromatic rings. The van der Waals surface area contributed by atoms with Crippen molar-refractivity contribution in [3.8, 4) is 5.75 Å². The Hall–Kier alpha value is -1.40. The molecule has 0 unspecified atom stereocenters. The maximum atomic E-state index is 12.0. The van der Waals surface area contributed by atoms with Gasteiger partial charge in [0.25, 0.3) is 5.91 Å². The average Bonchev–Trinajstić information content (AvgIpc) is 2.33. The molecule has 1 aromatic heterocycles. The summed E-state index contributed by atoms with van der Waals surface area (Å²) in [6, 6.07) is 6.51. The van der Waals surface area contributed by atoms with E-state index in [1.54, 1.807) is 24.4 Å². The molecule has 0 aliphatic heterocycles. The molecule has 0 saturated carbocycles. The largest absolute Gasteiger partial charge is 0.507 e. The summed E-state index contributed by atoms with van der Waals surface area (Å²) in [6.45, 7) is 1.88. The molecule has 19 heavy (non-hydrogen) atoms. The topological polar surface area (TPSA) is 62.2 Å². The number of pyridine rings is 1. The monoisotopic (exact) mass is 384 g/mol.